The molecule has 0 saturated carbocycles. The molecule has 0 bridgehead atoms. The molecule has 4 rings (SSSR count). The Balaban J connectivity index is 1.60. The van der Waals surface area contributed by atoms with Crippen molar-refractivity contribution < 1.29 is 31.9 Å². The van der Waals surface area contributed by atoms with Crippen LogP contribution >= 0.6 is 11.3 Å². The van der Waals surface area contributed by atoms with E-state index in [0.717, 1.165) is 11.3 Å². The normalized spacial score (nSPS) is 15.1. The molecule has 2 aromatic carbocycles. The van der Waals surface area contributed by atoms with Gasteiger partial charge in [0.2, 0.25) is 10.0 Å². The highest BCUT2D eigenvalue weighted by molar-refractivity contribution is 7.93. The van der Waals surface area contributed by atoms with Crippen LogP contribution in [0, 0.1) is 5.82 Å². The van der Waals surface area contributed by atoms with E-state index in [1.54, 1.807) is 25.1 Å². The van der Waals surface area contributed by atoms with Crippen molar-refractivity contribution in [3.8, 4) is 0 Å². The summed E-state index contributed by atoms with van der Waals surface area (Å²) in [5.74, 6) is -1.79. The van der Waals surface area contributed by atoms with E-state index < -0.39 is 27.8 Å². The van der Waals surface area contributed by atoms with Gasteiger partial charge in [-0.2, -0.15) is 0 Å². The monoisotopic (exact) mass is 477 g/mol. The van der Waals surface area contributed by atoms with Crippen LogP contribution in [0.25, 0.3) is 10.1 Å². The van der Waals surface area contributed by atoms with E-state index in [0.29, 0.717) is 23.4 Å². The molecule has 2 heterocycles. The largest absolute Gasteiger partial charge is 0.462 e. The van der Waals surface area contributed by atoms with E-state index in [4.69, 9.17) is 9.47 Å². The highest BCUT2D eigenvalue weighted by Crippen LogP contribution is 2.34. The van der Waals surface area contributed by atoms with E-state index in [2.05, 4.69) is 0 Å². The first-order valence-corrected chi connectivity index (χ1v) is 12.4. The Hall–Kier alpha value is -2.98. The first kappa shape index (κ1) is 22.2. The van der Waals surface area contributed by atoms with E-state index in [1.807, 2.05) is 0 Å². The van der Waals surface area contributed by atoms with Crippen molar-refractivity contribution >= 4 is 49.1 Å². The van der Waals surface area contributed by atoms with E-state index >= 15 is 0 Å². The molecule has 0 radical (unpaired) electrons. The fourth-order valence-electron chi connectivity index (χ4n) is 3.61. The minimum absolute atomic E-state index is 0.0646. The van der Waals surface area contributed by atoms with Crippen molar-refractivity contribution in [2.45, 2.75) is 20.0 Å². The topological polar surface area (TPSA) is 90.0 Å². The Morgan fingerprint density at radius 3 is 2.62 bits per heavy atom. The molecule has 0 unspecified atom stereocenters. The number of fused-ring (bicyclic) bond motifs is 1. The molecule has 3 aromatic rings. The summed E-state index contributed by atoms with van der Waals surface area (Å²) < 4.78 is 51.1. The van der Waals surface area contributed by atoms with Gasteiger partial charge >= 0.3 is 11.9 Å². The molecule has 1 saturated heterocycles. The summed E-state index contributed by atoms with van der Waals surface area (Å²) in [5, 5.41) is 0.213. The number of sulfonamides is 1. The van der Waals surface area contributed by atoms with Crippen molar-refractivity contribution in [1.82, 2.24) is 0 Å². The predicted octanol–water partition coefficient (Wildman–Crippen LogP) is 4.11. The number of hydrogen-bond acceptors (Lipinski definition) is 7. The average Bonchev–Trinajstić information content (AvgIpc) is 3.32. The second-order valence-corrected chi connectivity index (χ2v) is 10.2. The lowest BCUT2D eigenvalue weighted by Gasteiger charge is -2.17. The third-order valence-electron chi connectivity index (χ3n) is 5.04. The number of benzene rings is 2. The molecule has 7 nitrogen and oxygen atoms in total. The number of thiophene rings is 1. The Morgan fingerprint density at radius 2 is 1.91 bits per heavy atom. The number of carbonyl (C=O) groups is 2. The van der Waals surface area contributed by atoms with Crippen LogP contribution in [-0.4, -0.2) is 39.3 Å². The van der Waals surface area contributed by atoms with Crippen LogP contribution in [0.15, 0.2) is 42.5 Å². The van der Waals surface area contributed by atoms with Crippen molar-refractivity contribution in [2.24, 2.45) is 0 Å². The van der Waals surface area contributed by atoms with Crippen molar-refractivity contribution in [1.29, 1.82) is 0 Å². The molecule has 1 aliphatic heterocycles. The second kappa shape index (κ2) is 8.87. The predicted molar refractivity (Wildman–Crippen MR) is 119 cm³/mol. The van der Waals surface area contributed by atoms with E-state index in [1.165, 1.54) is 28.6 Å². The summed E-state index contributed by atoms with van der Waals surface area (Å²) in [6.45, 7) is 1.84. The molecule has 1 aromatic heterocycles. The molecule has 0 amide bonds. The molecule has 0 N–H and O–H groups in total. The molecule has 0 atom stereocenters. The van der Waals surface area contributed by atoms with Crippen LogP contribution in [0.1, 0.15) is 38.9 Å². The van der Waals surface area contributed by atoms with Crippen LogP contribution < -0.4 is 4.31 Å². The Kier molecular flexibility index (Phi) is 6.16. The first-order valence-electron chi connectivity index (χ1n) is 9.96. The van der Waals surface area contributed by atoms with Gasteiger partial charge in [0.1, 0.15) is 17.3 Å². The zero-order valence-corrected chi connectivity index (χ0v) is 18.8. The van der Waals surface area contributed by atoms with Gasteiger partial charge in [0.15, 0.2) is 0 Å². The highest BCUT2D eigenvalue weighted by atomic mass is 32.2. The van der Waals surface area contributed by atoms with Crippen LogP contribution in [0.3, 0.4) is 0 Å². The highest BCUT2D eigenvalue weighted by Gasteiger charge is 2.29. The van der Waals surface area contributed by atoms with Gasteiger partial charge < -0.3 is 9.47 Å². The van der Waals surface area contributed by atoms with Crippen LogP contribution in [-0.2, 0) is 26.1 Å². The van der Waals surface area contributed by atoms with Gasteiger partial charge in [-0.25, -0.2) is 22.4 Å². The number of esters is 2. The van der Waals surface area contributed by atoms with Gasteiger partial charge in [0, 0.05) is 22.2 Å². The van der Waals surface area contributed by atoms with Crippen LogP contribution in [0.5, 0.6) is 0 Å². The number of halogens is 1. The summed E-state index contributed by atoms with van der Waals surface area (Å²) in [4.78, 5) is 25.3. The van der Waals surface area contributed by atoms with Crippen molar-refractivity contribution in [3.05, 3.63) is 64.3 Å². The molecule has 1 aliphatic rings. The molecule has 168 valence electrons. The number of ether oxygens (including phenoxy) is 2. The van der Waals surface area contributed by atoms with Crippen LogP contribution in [0.2, 0.25) is 0 Å². The fraction of sp³-hybridized carbons (Fsp3) is 0.273. The summed E-state index contributed by atoms with van der Waals surface area (Å²) in [6, 6.07) is 10.6. The van der Waals surface area contributed by atoms with Crippen molar-refractivity contribution in [3.63, 3.8) is 0 Å². The second-order valence-electron chi connectivity index (χ2n) is 7.11. The standard InChI is InChI=1S/C22H20FNO6S2/c1-2-29-22(26)20-16(19-17(23)8-4-9-18(19)31-20)13-30-21(25)14-6-3-7-15(12-14)24-10-5-11-32(24,27)28/h3-4,6-9,12H,2,5,10-11,13H2,1H3. The quantitative estimate of drug-likeness (QED) is 0.496. The zero-order chi connectivity index (χ0) is 22.9. The summed E-state index contributed by atoms with van der Waals surface area (Å²) in [7, 11) is -3.39. The lowest BCUT2D eigenvalue weighted by molar-refractivity contribution is 0.0454. The summed E-state index contributed by atoms with van der Waals surface area (Å²) in [5.41, 5.74) is 0.784. The average molecular weight is 478 g/mol. The lowest BCUT2D eigenvalue weighted by atomic mass is 10.1. The van der Waals surface area contributed by atoms with E-state index in [9.17, 15) is 22.4 Å². The number of carbonyl (C=O) groups excluding carboxylic acids is 2. The third kappa shape index (κ3) is 4.20. The van der Waals surface area contributed by atoms with Gasteiger partial charge in [-0.05, 0) is 43.7 Å². The zero-order valence-electron chi connectivity index (χ0n) is 17.2. The third-order valence-corrected chi connectivity index (χ3v) is 8.09. The van der Waals surface area contributed by atoms with Gasteiger partial charge in [-0.15, -0.1) is 11.3 Å². The summed E-state index contributed by atoms with van der Waals surface area (Å²) in [6.07, 6.45) is 0.518. The molecular formula is C22H20FNO6S2. The molecular weight excluding hydrogens is 457 g/mol. The molecule has 0 spiro atoms. The van der Waals surface area contributed by atoms with Gasteiger partial charge in [-0.3, -0.25) is 4.31 Å². The Morgan fingerprint density at radius 1 is 1.12 bits per heavy atom. The minimum atomic E-state index is -3.39. The van der Waals surface area contributed by atoms with Gasteiger partial charge in [0.25, 0.3) is 0 Å². The number of hydrogen-bond donors (Lipinski definition) is 0. The SMILES string of the molecule is CCOC(=O)c1sc2cccc(F)c2c1COC(=O)c1cccc(N2CCCS2(=O)=O)c1. The fourth-order valence-corrected chi connectivity index (χ4v) is 6.28. The van der Waals surface area contributed by atoms with Gasteiger partial charge in [-0.1, -0.05) is 12.1 Å². The van der Waals surface area contributed by atoms with Gasteiger partial charge in [0.05, 0.1) is 23.6 Å². The maximum Gasteiger partial charge on any atom is 0.348 e. The maximum atomic E-state index is 14.5. The maximum absolute atomic E-state index is 14.5. The minimum Gasteiger partial charge on any atom is -0.462 e. The molecule has 0 aliphatic carbocycles. The lowest BCUT2D eigenvalue weighted by Crippen LogP contribution is -2.25. The first-order chi connectivity index (χ1) is 15.3. The van der Waals surface area contributed by atoms with Crippen LogP contribution in [0.4, 0.5) is 10.1 Å². The number of anilines is 1. The smallest absolute Gasteiger partial charge is 0.348 e. The Bertz CT molecular complexity index is 1300. The summed E-state index contributed by atoms with van der Waals surface area (Å²) >= 11 is 1.07. The Labute approximate surface area is 188 Å². The molecule has 1 fully saturated rings. The number of nitrogens with zero attached hydrogens (tertiary/aromatic N) is 1. The van der Waals surface area contributed by atoms with E-state index in [-0.39, 0.29) is 40.4 Å². The molecule has 10 heteroatoms. The molecule has 32 heavy (non-hydrogen) atoms. The number of rotatable bonds is 6. The van der Waals surface area contributed by atoms with Crippen molar-refractivity contribution in [2.75, 3.05) is 23.2 Å².